The van der Waals surface area contributed by atoms with Gasteiger partial charge in [-0.25, -0.2) is 0 Å². The van der Waals surface area contributed by atoms with E-state index < -0.39 is 0 Å². The van der Waals surface area contributed by atoms with Gasteiger partial charge in [0.1, 0.15) is 0 Å². The van der Waals surface area contributed by atoms with Gasteiger partial charge in [0.15, 0.2) is 0 Å². The molecule has 1 aromatic carbocycles. The molecule has 19 heavy (non-hydrogen) atoms. The summed E-state index contributed by atoms with van der Waals surface area (Å²) in [6, 6.07) is 8.09. The number of benzene rings is 1. The molecule has 2 rings (SSSR count). The van der Waals surface area contributed by atoms with Crippen molar-refractivity contribution in [1.82, 2.24) is 15.0 Å². The highest BCUT2D eigenvalue weighted by molar-refractivity contribution is 6.28. The van der Waals surface area contributed by atoms with E-state index in [1.807, 2.05) is 30.0 Å². The molecule has 0 aliphatic carbocycles. The summed E-state index contributed by atoms with van der Waals surface area (Å²) in [5.74, 6) is 1.00. The molecule has 0 radical (unpaired) electrons. The molecule has 1 heterocycles. The first-order valence-electron chi connectivity index (χ1n) is 6.08. The summed E-state index contributed by atoms with van der Waals surface area (Å²) in [6.07, 6.45) is 0. The summed E-state index contributed by atoms with van der Waals surface area (Å²) < 4.78 is 0. The Kier molecular flexibility index (Phi) is 4.16. The Hall–Kier alpha value is -1.88. The van der Waals surface area contributed by atoms with Crippen LogP contribution >= 0.6 is 11.6 Å². The highest BCUT2D eigenvalue weighted by Crippen LogP contribution is 2.26. The zero-order valence-electron chi connectivity index (χ0n) is 11.2. The van der Waals surface area contributed by atoms with Crippen LogP contribution < -0.4 is 10.2 Å². The van der Waals surface area contributed by atoms with Crippen LogP contribution in [0.4, 0.5) is 17.6 Å². The summed E-state index contributed by atoms with van der Waals surface area (Å²) in [5.41, 5.74) is 2.22. The summed E-state index contributed by atoms with van der Waals surface area (Å²) in [6.45, 7) is 4.84. The molecule has 0 bridgehead atoms. The highest BCUT2D eigenvalue weighted by Gasteiger charge is 2.14. The number of aryl methyl sites for hydroxylation is 1. The molecule has 0 saturated heterocycles. The first-order valence-corrected chi connectivity index (χ1v) is 6.46. The fraction of sp³-hybridized carbons (Fsp3) is 0.308. The minimum atomic E-state index is 0.182. The lowest BCUT2D eigenvalue weighted by atomic mass is 10.2. The number of halogens is 1. The molecule has 0 amide bonds. The van der Waals surface area contributed by atoms with Gasteiger partial charge < -0.3 is 10.2 Å². The average Bonchev–Trinajstić information content (AvgIpc) is 2.41. The lowest BCUT2D eigenvalue weighted by Crippen LogP contribution is -2.20. The van der Waals surface area contributed by atoms with E-state index in [4.69, 9.17) is 11.6 Å². The van der Waals surface area contributed by atoms with Gasteiger partial charge in [-0.1, -0.05) is 18.2 Å². The normalized spacial score (nSPS) is 10.3. The topological polar surface area (TPSA) is 53.9 Å². The fourth-order valence-electron chi connectivity index (χ4n) is 1.86. The molecule has 0 unspecified atom stereocenters. The van der Waals surface area contributed by atoms with Crippen LogP contribution in [0.15, 0.2) is 24.3 Å². The molecule has 0 spiro atoms. The number of anilines is 3. The Labute approximate surface area is 117 Å². The number of hydrogen-bond donors (Lipinski definition) is 1. The largest absolute Gasteiger partial charge is 0.357 e. The van der Waals surface area contributed by atoms with Crippen molar-refractivity contribution < 1.29 is 0 Å². The minimum absolute atomic E-state index is 0.182. The Morgan fingerprint density at radius 3 is 2.58 bits per heavy atom. The van der Waals surface area contributed by atoms with E-state index in [1.54, 1.807) is 7.05 Å². The van der Waals surface area contributed by atoms with E-state index >= 15 is 0 Å². The third-order valence-corrected chi connectivity index (χ3v) is 2.95. The second kappa shape index (κ2) is 5.84. The van der Waals surface area contributed by atoms with Crippen LogP contribution in [-0.4, -0.2) is 28.5 Å². The summed E-state index contributed by atoms with van der Waals surface area (Å²) in [4.78, 5) is 14.5. The summed E-state index contributed by atoms with van der Waals surface area (Å²) in [7, 11) is 1.75. The fourth-order valence-corrected chi connectivity index (χ4v) is 2.01. The van der Waals surface area contributed by atoms with E-state index in [0.717, 1.165) is 17.8 Å². The van der Waals surface area contributed by atoms with Crippen molar-refractivity contribution in [3.05, 3.63) is 35.1 Å². The van der Waals surface area contributed by atoms with Crippen molar-refractivity contribution in [3.63, 3.8) is 0 Å². The lowest BCUT2D eigenvalue weighted by Gasteiger charge is -2.22. The summed E-state index contributed by atoms with van der Waals surface area (Å²) >= 11 is 5.93. The molecule has 100 valence electrons. The number of nitrogens with one attached hydrogen (secondary N) is 1. The first-order chi connectivity index (χ1) is 9.15. The van der Waals surface area contributed by atoms with Gasteiger partial charge in [0.05, 0.1) is 0 Å². The van der Waals surface area contributed by atoms with Crippen LogP contribution in [-0.2, 0) is 0 Å². The number of nitrogens with zero attached hydrogens (tertiary/aromatic N) is 4. The SMILES string of the molecule is CCN(c1nc(Cl)nc(NC)n1)c1ccccc1C. The van der Waals surface area contributed by atoms with Gasteiger partial charge in [-0.3, -0.25) is 0 Å². The van der Waals surface area contributed by atoms with E-state index in [-0.39, 0.29) is 5.28 Å². The Morgan fingerprint density at radius 1 is 1.21 bits per heavy atom. The molecular formula is C13H16ClN5. The van der Waals surface area contributed by atoms with Gasteiger partial charge in [0, 0.05) is 19.3 Å². The van der Waals surface area contributed by atoms with Crippen LogP contribution in [0.5, 0.6) is 0 Å². The second-order valence-corrected chi connectivity index (χ2v) is 4.35. The van der Waals surface area contributed by atoms with Crippen molar-refractivity contribution in [2.45, 2.75) is 13.8 Å². The third-order valence-electron chi connectivity index (χ3n) is 2.78. The number of hydrogen-bond acceptors (Lipinski definition) is 5. The van der Waals surface area contributed by atoms with Gasteiger partial charge in [0.25, 0.3) is 0 Å². The smallest absolute Gasteiger partial charge is 0.236 e. The third kappa shape index (κ3) is 2.93. The number of para-hydroxylation sites is 1. The monoisotopic (exact) mass is 277 g/mol. The van der Waals surface area contributed by atoms with Crippen LogP contribution in [0.2, 0.25) is 5.28 Å². The number of aromatic nitrogens is 3. The molecular weight excluding hydrogens is 262 g/mol. The zero-order chi connectivity index (χ0) is 13.8. The molecule has 0 atom stereocenters. The van der Waals surface area contributed by atoms with E-state index in [1.165, 1.54) is 0 Å². The van der Waals surface area contributed by atoms with Crippen LogP contribution in [0.25, 0.3) is 0 Å². The predicted octanol–water partition coefficient (Wildman–Crippen LogP) is 3.03. The molecule has 2 aromatic rings. The molecule has 1 aromatic heterocycles. The van der Waals surface area contributed by atoms with E-state index in [2.05, 4.69) is 33.3 Å². The van der Waals surface area contributed by atoms with Crippen molar-refractivity contribution in [2.24, 2.45) is 0 Å². The molecule has 0 aliphatic heterocycles. The minimum Gasteiger partial charge on any atom is -0.357 e. The maximum absolute atomic E-state index is 5.93. The van der Waals surface area contributed by atoms with Crippen molar-refractivity contribution in [2.75, 3.05) is 23.8 Å². The zero-order valence-corrected chi connectivity index (χ0v) is 11.9. The van der Waals surface area contributed by atoms with Gasteiger partial charge >= 0.3 is 0 Å². The Balaban J connectivity index is 2.48. The van der Waals surface area contributed by atoms with Crippen molar-refractivity contribution in [1.29, 1.82) is 0 Å². The van der Waals surface area contributed by atoms with Gasteiger partial charge in [-0.15, -0.1) is 0 Å². The molecule has 0 saturated carbocycles. The van der Waals surface area contributed by atoms with Crippen LogP contribution in [0, 0.1) is 6.92 Å². The first kappa shape index (κ1) is 13.5. The second-order valence-electron chi connectivity index (χ2n) is 4.01. The maximum Gasteiger partial charge on any atom is 0.236 e. The van der Waals surface area contributed by atoms with E-state index in [0.29, 0.717) is 11.9 Å². The molecule has 0 fully saturated rings. The lowest BCUT2D eigenvalue weighted by molar-refractivity contribution is 0.919. The predicted molar refractivity (Wildman–Crippen MR) is 78.2 cm³/mol. The molecule has 5 nitrogen and oxygen atoms in total. The molecule has 1 N–H and O–H groups in total. The van der Waals surface area contributed by atoms with Gasteiger partial charge in [-0.2, -0.15) is 15.0 Å². The van der Waals surface area contributed by atoms with Crippen molar-refractivity contribution >= 4 is 29.2 Å². The molecule has 0 aliphatic rings. The maximum atomic E-state index is 5.93. The molecule has 6 heteroatoms. The average molecular weight is 278 g/mol. The van der Waals surface area contributed by atoms with Crippen LogP contribution in [0.1, 0.15) is 12.5 Å². The highest BCUT2D eigenvalue weighted by atomic mass is 35.5. The van der Waals surface area contributed by atoms with Crippen LogP contribution in [0.3, 0.4) is 0 Å². The number of rotatable bonds is 4. The summed E-state index contributed by atoms with van der Waals surface area (Å²) in [5, 5.41) is 3.06. The van der Waals surface area contributed by atoms with E-state index in [9.17, 15) is 0 Å². The van der Waals surface area contributed by atoms with Gasteiger partial charge in [0.2, 0.25) is 17.2 Å². The quantitative estimate of drug-likeness (QED) is 0.931. The Morgan fingerprint density at radius 2 is 1.95 bits per heavy atom. The Bertz CT molecular complexity index is 573. The van der Waals surface area contributed by atoms with Gasteiger partial charge in [-0.05, 0) is 37.1 Å². The standard InChI is InChI=1S/C13H16ClN5/c1-4-19(10-8-6-5-7-9(10)2)13-17-11(14)16-12(15-3)18-13/h5-8H,4H2,1-3H3,(H,15,16,17,18). The van der Waals surface area contributed by atoms with Crippen molar-refractivity contribution in [3.8, 4) is 0 Å².